The van der Waals surface area contributed by atoms with E-state index in [4.69, 9.17) is 0 Å². The van der Waals surface area contributed by atoms with E-state index in [9.17, 15) is 13.2 Å². The molecule has 0 spiro atoms. The molecule has 0 saturated heterocycles. The maximum atomic E-state index is 11.5. The van der Waals surface area contributed by atoms with Crippen LogP contribution >= 0.6 is 0 Å². The molecule has 0 aromatic heterocycles. The van der Waals surface area contributed by atoms with Gasteiger partial charge in [-0.15, -0.1) is 6.58 Å². The van der Waals surface area contributed by atoms with Gasteiger partial charge in [-0.3, -0.25) is 4.79 Å². The second kappa shape index (κ2) is 4.40. The van der Waals surface area contributed by atoms with Crippen molar-refractivity contribution in [1.82, 2.24) is 0 Å². The highest BCUT2D eigenvalue weighted by Crippen LogP contribution is 2.12. The molecule has 0 heterocycles. The van der Waals surface area contributed by atoms with Crippen LogP contribution in [0.15, 0.2) is 41.8 Å². The highest BCUT2D eigenvalue weighted by atomic mass is 32.2. The van der Waals surface area contributed by atoms with Gasteiger partial charge in [0.1, 0.15) is 0 Å². The van der Waals surface area contributed by atoms with Crippen LogP contribution in [0.1, 0.15) is 16.8 Å². The fourth-order valence-electron chi connectivity index (χ4n) is 1.15. The minimum atomic E-state index is -3.25. The zero-order valence-corrected chi connectivity index (χ0v) is 9.25. The second-order valence-electron chi connectivity index (χ2n) is 3.22. The van der Waals surface area contributed by atoms with E-state index in [-0.39, 0.29) is 17.1 Å². The standard InChI is InChI=1S/C11H12O3S/c1-3-5-11(12)9-6-4-7-10(8-9)15(2,13)14/h3-4,6-8H,1,5H2,2H3. The van der Waals surface area contributed by atoms with E-state index in [1.807, 2.05) is 0 Å². The molecule has 0 aliphatic rings. The van der Waals surface area contributed by atoms with E-state index in [0.717, 1.165) is 6.26 Å². The first-order chi connectivity index (χ1) is 6.95. The molecule has 1 rings (SSSR count). The fourth-order valence-corrected chi connectivity index (χ4v) is 1.82. The monoisotopic (exact) mass is 224 g/mol. The maximum absolute atomic E-state index is 11.5. The molecular weight excluding hydrogens is 212 g/mol. The highest BCUT2D eigenvalue weighted by Gasteiger charge is 2.10. The molecule has 0 N–H and O–H groups in total. The van der Waals surface area contributed by atoms with Crippen molar-refractivity contribution in [2.75, 3.05) is 6.26 Å². The summed E-state index contributed by atoms with van der Waals surface area (Å²) in [5.41, 5.74) is 0.401. The van der Waals surface area contributed by atoms with Crippen LogP contribution in [0.25, 0.3) is 0 Å². The van der Waals surface area contributed by atoms with Crippen molar-refractivity contribution in [2.24, 2.45) is 0 Å². The maximum Gasteiger partial charge on any atom is 0.175 e. The summed E-state index contributed by atoms with van der Waals surface area (Å²) in [6.45, 7) is 3.46. The fraction of sp³-hybridized carbons (Fsp3) is 0.182. The van der Waals surface area contributed by atoms with E-state index < -0.39 is 9.84 Å². The Morgan fingerprint density at radius 2 is 2.13 bits per heavy atom. The van der Waals surface area contributed by atoms with Crippen LogP contribution in [-0.4, -0.2) is 20.5 Å². The van der Waals surface area contributed by atoms with Crippen LogP contribution < -0.4 is 0 Å². The molecule has 0 saturated carbocycles. The summed E-state index contributed by atoms with van der Waals surface area (Å²) in [6, 6.07) is 6.02. The summed E-state index contributed by atoms with van der Waals surface area (Å²) in [4.78, 5) is 11.6. The Morgan fingerprint density at radius 1 is 1.47 bits per heavy atom. The SMILES string of the molecule is C=CCC(=O)c1cccc(S(C)(=O)=O)c1. The van der Waals surface area contributed by atoms with Crippen LogP contribution in [0.5, 0.6) is 0 Å². The van der Waals surface area contributed by atoms with Crippen molar-refractivity contribution in [2.45, 2.75) is 11.3 Å². The van der Waals surface area contributed by atoms with Crippen molar-refractivity contribution in [3.8, 4) is 0 Å². The van der Waals surface area contributed by atoms with Crippen LogP contribution in [0.4, 0.5) is 0 Å². The number of allylic oxidation sites excluding steroid dienone is 1. The lowest BCUT2D eigenvalue weighted by molar-refractivity contribution is 0.0995. The van der Waals surface area contributed by atoms with E-state index >= 15 is 0 Å². The summed E-state index contributed by atoms with van der Waals surface area (Å²) >= 11 is 0. The largest absolute Gasteiger partial charge is 0.294 e. The average molecular weight is 224 g/mol. The van der Waals surface area contributed by atoms with E-state index in [1.54, 1.807) is 12.1 Å². The third-order valence-corrected chi connectivity index (χ3v) is 3.02. The number of Topliss-reactive ketones (excluding diaryl/α,β-unsaturated/α-hetero) is 1. The molecule has 15 heavy (non-hydrogen) atoms. The lowest BCUT2D eigenvalue weighted by Gasteiger charge is -2.01. The molecule has 3 nitrogen and oxygen atoms in total. The smallest absolute Gasteiger partial charge is 0.175 e. The molecule has 0 amide bonds. The van der Waals surface area contributed by atoms with Gasteiger partial charge in [0.05, 0.1) is 4.90 Å². The number of carbonyl (C=O) groups excluding carboxylic acids is 1. The van der Waals surface area contributed by atoms with Crippen molar-refractivity contribution in [3.63, 3.8) is 0 Å². The average Bonchev–Trinajstić information content (AvgIpc) is 2.17. The Labute approximate surface area is 89.4 Å². The summed E-state index contributed by atoms with van der Waals surface area (Å²) in [7, 11) is -3.25. The Hall–Kier alpha value is -1.42. The molecule has 4 heteroatoms. The van der Waals surface area contributed by atoms with Gasteiger partial charge in [-0.25, -0.2) is 8.42 Å². The zero-order valence-electron chi connectivity index (χ0n) is 8.43. The van der Waals surface area contributed by atoms with Gasteiger partial charge in [0, 0.05) is 18.2 Å². The van der Waals surface area contributed by atoms with Gasteiger partial charge in [-0.05, 0) is 12.1 Å². The molecule has 0 bridgehead atoms. The lowest BCUT2D eigenvalue weighted by atomic mass is 10.1. The second-order valence-corrected chi connectivity index (χ2v) is 5.23. The minimum Gasteiger partial charge on any atom is -0.294 e. The molecule has 0 atom stereocenters. The number of sulfone groups is 1. The molecule has 0 fully saturated rings. The Kier molecular flexibility index (Phi) is 3.42. The minimum absolute atomic E-state index is 0.129. The predicted octanol–water partition coefficient (Wildman–Crippen LogP) is 1.85. The number of ketones is 1. The third-order valence-electron chi connectivity index (χ3n) is 1.91. The Morgan fingerprint density at radius 3 is 2.67 bits per heavy atom. The van der Waals surface area contributed by atoms with Gasteiger partial charge in [0.15, 0.2) is 15.6 Å². The zero-order chi connectivity index (χ0) is 11.5. The normalized spacial score (nSPS) is 11.0. The van der Waals surface area contributed by atoms with Crippen molar-refractivity contribution >= 4 is 15.6 Å². The topological polar surface area (TPSA) is 51.2 Å². The van der Waals surface area contributed by atoms with Crippen molar-refractivity contribution in [3.05, 3.63) is 42.5 Å². The van der Waals surface area contributed by atoms with Gasteiger partial charge in [-0.1, -0.05) is 18.2 Å². The number of carbonyl (C=O) groups is 1. The lowest BCUT2D eigenvalue weighted by Crippen LogP contribution is -2.01. The van der Waals surface area contributed by atoms with Gasteiger partial charge >= 0.3 is 0 Å². The van der Waals surface area contributed by atoms with Gasteiger partial charge in [-0.2, -0.15) is 0 Å². The first-order valence-electron chi connectivity index (χ1n) is 4.39. The van der Waals surface area contributed by atoms with Gasteiger partial charge < -0.3 is 0 Å². The molecule has 0 aliphatic heterocycles. The summed E-state index contributed by atoms with van der Waals surface area (Å²) in [5.74, 6) is -0.129. The molecule has 0 unspecified atom stereocenters. The third kappa shape index (κ3) is 3.02. The number of benzene rings is 1. The highest BCUT2D eigenvalue weighted by molar-refractivity contribution is 7.90. The summed E-state index contributed by atoms with van der Waals surface area (Å²) in [6.07, 6.45) is 2.83. The van der Waals surface area contributed by atoms with E-state index in [2.05, 4.69) is 6.58 Å². The molecule has 80 valence electrons. The summed E-state index contributed by atoms with van der Waals surface area (Å²) in [5, 5.41) is 0. The van der Waals surface area contributed by atoms with Crippen LogP contribution in [0.3, 0.4) is 0 Å². The quantitative estimate of drug-likeness (QED) is 0.579. The molecule has 1 aromatic rings. The van der Waals surface area contributed by atoms with Crippen molar-refractivity contribution < 1.29 is 13.2 Å². The van der Waals surface area contributed by atoms with Gasteiger partial charge in [0.2, 0.25) is 0 Å². The number of rotatable bonds is 4. The number of hydrogen-bond donors (Lipinski definition) is 0. The summed E-state index contributed by atoms with van der Waals surface area (Å²) < 4.78 is 22.5. The first kappa shape index (κ1) is 11.7. The molecule has 1 aromatic carbocycles. The van der Waals surface area contributed by atoms with Gasteiger partial charge in [0.25, 0.3) is 0 Å². The Balaban J connectivity index is 3.14. The van der Waals surface area contributed by atoms with Crippen LogP contribution in [-0.2, 0) is 9.84 Å². The van der Waals surface area contributed by atoms with E-state index in [1.165, 1.54) is 18.2 Å². The first-order valence-corrected chi connectivity index (χ1v) is 6.28. The molecule has 0 radical (unpaired) electrons. The van der Waals surface area contributed by atoms with Crippen LogP contribution in [0, 0.1) is 0 Å². The molecular formula is C11H12O3S. The number of hydrogen-bond acceptors (Lipinski definition) is 3. The Bertz CT molecular complexity index is 486. The van der Waals surface area contributed by atoms with Crippen LogP contribution in [0.2, 0.25) is 0 Å². The van der Waals surface area contributed by atoms with E-state index in [0.29, 0.717) is 5.56 Å². The van der Waals surface area contributed by atoms with Crippen molar-refractivity contribution in [1.29, 1.82) is 0 Å². The predicted molar refractivity (Wildman–Crippen MR) is 58.7 cm³/mol. The molecule has 0 aliphatic carbocycles.